The quantitative estimate of drug-likeness (QED) is 0.624. The van der Waals surface area contributed by atoms with Gasteiger partial charge in [0.1, 0.15) is 0 Å². The monoisotopic (exact) mass is 410 g/mol. The van der Waals surface area contributed by atoms with E-state index in [0.29, 0.717) is 34.9 Å². The Kier molecular flexibility index (Phi) is 6.41. The predicted molar refractivity (Wildman–Crippen MR) is 112 cm³/mol. The van der Waals surface area contributed by atoms with Gasteiger partial charge in [-0.1, -0.05) is 23.7 Å². The molecule has 1 heterocycles. The van der Waals surface area contributed by atoms with E-state index < -0.39 is 5.91 Å². The maximum absolute atomic E-state index is 12.1. The molecule has 148 valence electrons. The highest BCUT2D eigenvalue weighted by Gasteiger charge is 2.07. The number of rotatable bonds is 7. The summed E-state index contributed by atoms with van der Waals surface area (Å²) in [4.78, 5) is 35.2. The largest absolute Gasteiger partial charge is 0.366 e. The van der Waals surface area contributed by atoms with Crippen LogP contribution < -0.4 is 16.6 Å². The minimum absolute atomic E-state index is 0.196. The Bertz CT molecular complexity index is 1080. The van der Waals surface area contributed by atoms with Gasteiger partial charge in [-0.05, 0) is 48.9 Å². The molecule has 0 aliphatic carbocycles. The second kappa shape index (κ2) is 9.16. The molecule has 0 spiro atoms. The Labute approximate surface area is 172 Å². The van der Waals surface area contributed by atoms with E-state index in [1.54, 1.807) is 42.5 Å². The van der Waals surface area contributed by atoms with Crippen molar-refractivity contribution in [3.63, 3.8) is 0 Å². The number of nitrogens with two attached hydrogens (primary N) is 1. The molecule has 0 atom stereocenters. The van der Waals surface area contributed by atoms with Crippen LogP contribution in [0.15, 0.2) is 65.5 Å². The van der Waals surface area contributed by atoms with Crippen molar-refractivity contribution < 1.29 is 9.59 Å². The highest BCUT2D eigenvalue weighted by molar-refractivity contribution is 6.30. The molecule has 0 saturated heterocycles. The number of primary amides is 1. The van der Waals surface area contributed by atoms with Crippen molar-refractivity contribution in [1.82, 2.24) is 9.78 Å². The molecule has 2 amide bonds. The van der Waals surface area contributed by atoms with Crippen LogP contribution in [0.5, 0.6) is 0 Å². The Morgan fingerprint density at radius 3 is 2.34 bits per heavy atom. The van der Waals surface area contributed by atoms with E-state index in [0.717, 1.165) is 5.56 Å². The van der Waals surface area contributed by atoms with E-state index in [4.69, 9.17) is 17.3 Å². The summed E-state index contributed by atoms with van der Waals surface area (Å²) >= 11 is 5.90. The van der Waals surface area contributed by atoms with Crippen LogP contribution in [0.2, 0.25) is 5.02 Å². The molecule has 0 aliphatic heterocycles. The van der Waals surface area contributed by atoms with Crippen LogP contribution in [0.1, 0.15) is 23.2 Å². The molecular formula is C21H19ClN4O3. The first kappa shape index (κ1) is 20.3. The zero-order chi connectivity index (χ0) is 20.8. The third-order valence-electron chi connectivity index (χ3n) is 4.23. The summed E-state index contributed by atoms with van der Waals surface area (Å²) in [6, 6.07) is 16.6. The van der Waals surface area contributed by atoms with Crippen LogP contribution in [-0.4, -0.2) is 21.6 Å². The molecule has 0 fully saturated rings. The number of aromatic nitrogens is 2. The van der Waals surface area contributed by atoms with Crippen LogP contribution in [0.3, 0.4) is 0 Å². The third kappa shape index (κ3) is 5.52. The fraction of sp³-hybridized carbons (Fsp3) is 0.143. The zero-order valence-electron chi connectivity index (χ0n) is 15.5. The molecule has 0 unspecified atom stereocenters. The smallest absolute Gasteiger partial charge is 0.266 e. The summed E-state index contributed by atoms with van der Waals surface area (Å²) in [5.41, 5.74) is 7.39. The minimum atomic E-state index is -0.526. The lowest BCUT2D eigenvalue weighted by Gasteiger charge is -2.08. The summed E-state index contributed by atoms with van der Waals surface area (Å²) in [7, 11) is 0. The lowest BCUT2D eigenvalue weighted by atomic mass is 10.1. The van der Waals surface area contributed by atoms with Gasteiger partial charge in [0.25, 0.3) is 5.56 Å². The lowest BCUT2D eigenvalue weighted by Crippen LogP contribution is -2.23. The number of amides is 2. The van der Waals surface area contributed by atoms with Crippen LogP contribution in [0.4, 0.5) is 5.69 Å². The van der Waals surface area contributed by atoms with Crippen molar-refractivity contribution in [2.24, 2.45) is 5.73 Å². The van der Waals surface area contributed by atoms with Crippen LogP contribution >= 0.6 is 11.6 Å². The van der Waals surface area contributed by atoms with Crippen molar-refractivity contribution in [2.75, 3.05) is 5.32 Å². The molecule has 1 aromatic heterocycles. The van der Waals surface area contributed by atoms with Gasteiger partial charge in [0.05, 0.1) is 5.69 Å². The SMILES string of the molecule is NC(=O)c1ccc(NC(=O)CCCn2nc(-c3ccc(Cl)cc3)ccc2=O)cc1. The molecule has 8 heteroatoms. The van der Waals surface area contributed by atoms with Crippen molar-refractivity contribution in [2.45, 2.75) is 19.4 Å². The molecule has 0 radical (unpaired) electrons. The number of anilines is 1. The second-order valence-electron chi connectivity index (χ2n) is 6.38. The Hall–Kier alpha value is -3.45. The summed E-state index contributed by atoms with van der Waals surface area (Å²) in [5, 5.41) is 7.73. The van der Waals surface area contributed by atoms with Crippen molar-refractivity contribution in [3.05, 3.63) is 81.6 Å². The third-order valence-corrected chi connectivity index (χ3v) is 4.49. The number of carbonyl (C=O) groups is 2. The molecule has 3 aromatic rings. The van der Waals surface area contributed by atoms with Gasteiger partial charge in [0.15, 0.2) is 0 Å². The Balaban J connectivity index is 1.57. The van der Waals surface area contributed by atoms with Gasteiger partial charge < -0.3 is 11.1 Å². The molecular weight excluding hydrogens is 392 g/mol. The Morgan fingerprint density at radius 2 is 1.69 bits per heavy atom. The number of nitrogens with one attached hydrogen (secondary N) is 1. The van der Waals surface area contributed by atoms with Crippen LogP contribution in [0.25, 0.3) is 11.3 Å². The van der Waals surface area contributed by atoms with Gasteiger partial charge in [-0.2, -0.15) is 5.10 Å². The van der Waals surface area contributed by atoms with E-state index in [-0.39, 0.29) is 17.9 Å². The topological polar surface area (TPSA) is 107 Å². The minimum Gasteiger partial charge on any atom is -0.366 e. The van der Waals surface area contributed by atoms with Gasteiger partial charge in [0, 0.05) is 40.9 Å². The molecule has 3 N–H and O–H groups in total. The normalized spacial score (nSPS) is 10.5. The summed E-state index contributed by atoms with van der Waals surface area (Å²) in [6.45, 7) is 0.314. The van der Waals surface area contributed by atoms with Crippen LogP contribution in [0, 0.1) is 0 Å². The summed E-state index contributed by atoms with van der Waals surface area (Å²) < 4.78 is 1.35. The van der Waals surface area contributed by atoms with E-state index in [1.807, 2.05) is 12.1 Å². The first-order valence-electron chi connectivity index (χ1n) is 8.96. The molecule has 0 bridgehead atoms. The number of hydrogen-bond acceptors (Lipinski definition) is 4. The van der Waals surface area contributed by atoms with Crippen molar-refractivity contribution >= 4 is 29.1 Å². The molecule has 7 nitrogen and oxygen atoms in total. The fourth-order valence-corrected chi connectivity index (χ4v) is 2.84. The first-order valence-corrected chi connectivity index (χ1v) is 9.34. The molecule has 0 saturated carbocycles. The highest BCUT2D eigenvalue weighted by Crippen LogP contribution is 2.18. The van der Waals surface area contributed by atoms with E-state index in [9.17, 15) is 14.4 Å². The second-order valence-corrected chi connectivity index (χ2v) is 6.82. The number of hydrogen-bond donors (Lipinski definition) is 2. The van der Waals surface area contributed by atoms with E-state index >= 15 is 0 Å². The first-order chi connectivity index (χ1) is 13.9. The van der Waals surface area contributed by atoms with Crippen molar-refractivity contribution in [3.8, 4) is 11.3 Å². The molecule has 3 rings (SSSR count). The van der Waals surface area contributed by atoms with Gasteiger partial charge in [0.2, 0.25) is 11.8 Å². The lowest BCUT2D eigenvalue weighted by molar-refractivity contribution is -0.116. The van der Waals surface area contributed by atoms with Crippen molar-refractivity contribution in [1.29, 1.82) is 0 Å². The number of aryl methyl sites for hydroxylation is 1. The highest BCUT2D eigenvalue weighted by atomic mass is 35.5. The maximum Gasteiger partial charge on any atom is 0.266 e. The van der Waals surface area contributed by atoms with E-state index in [1.165, 1.54) is 10.7 Å². The zero-order valence-corrected chi connectivity index (χ0v) is 16.2. The number of carbonyl (C=O) groups excluding carboxylic acids is 2. The predicted octanol–water partition coefficient (Wildman–Crippen LogP) is 3.08. The van der Waals surface area contributed by atoms with Gasteiger partial charge >= 0.3 is 0 Å². The van der Waals surface area contributed by atoms with Crippen LogP contribution in [-0.2, 0) is 11.3 Å². The Morgan fingerprint density at radius 1 is 1.00 bits per heavy atom. The number of halogens is 1. The standard InChI is InChI=1S/C21H19ClN4O3/c22-16-7-3-14(4-8-16)18-11-12-20(28)26(25-18)13-1-2-19(27)24-17-9-5-15(6-10-17)21(23)29/h3-12H,1-2,13H2,(H2,23,29)(H,24,27). The maximum atomic E-state index is 12.1. The average molecular weight is 411 g/mol. The molecule has 29 heavy (non-hydrogen) atoms. The van der Waals surface area contributed by atoms with Gasteiger partial charge in [-0.15, -0.1) is 0 Å². The van der Waals surface area contributed by atoms with E-state index in [2.05, 4.69) is 10.4 Å². The number of benzene rings is 2. The summed E-state index contributed by atoms with van der Waals surface area (Å²) in [6.07, 6.45) is 0.666. The van der Waals surface area contributed by atoms with Gasteiger partial charge in [-0.3, -0.25) is 14.4 Å². The molecule has 2 aromatic carbocycles. The van der Waals surface area contributed by atoms with Gasteiger partial charge in [-0.25, -0.2) is 4.68 Å². The average Bonchev–Trinajstić information content (AvgIpc) is 2.70. The summed E-state index contributed by atoms with van der Waals surface area (Å²) in [5.74, 6) is -0.722. The number of nitrogens with zero attached hydrogens (tertiary/aromatic N) is 2. The fourth-order valence-electron chi connectivity index (χ4n) is 2.71. The molecule has 0 aliphatic rings.